The Morgan fingerprint density at radius 2 is 1.70 bits per heavy atom. The van der Waals surface area contributed by atoms with E-state index in [1.54, 1.807) is 26.2 Å². The lowest BCUT2D eigenvalue weighted by atomic mass is 10.0. The SMILES string of the molecule is COc1ccc(CN(C)C(=O)c2cc(C)ccc2C)cc1OC. The van der Waals surface area contributed by atoms with Gasteiger partial charge in [-0.25, -0.2) is 0 Å². The van der Waals surface area contributed by atoms with Crippen molar-refractivity contribution in [2.24, 2.45) is 0 Å². The first-order valence-electron chi connectivity index (χ1n) is 7.50. The van der Waals surface area contributed by atoms with Crippen LogP contribution < -0.4 is 9.47 Å². The molecule has 0 radical (unpaired) electrons. The summed E-state index contributed by atoms with van der Waals surface area (Å²) >= 11 is 0. The largest absolute Gasteiger partial charge is 0.493 e. The van der Waals surface area contributed by atoms with E-state index < -0.39 is 0 Å². The van der Waals surface area contributed by atoms with Crippen LogP contribution in [0.1, 0.15) is 27.0 Å². The van der Waals surface area contributed by atoms with Gasteiger partial charge < -0.3 is 14.4 Å². The van der Waals surface area contributed by atoms with Gasteiger partial charge in [-0.05, 0) is 43.2 Å². The fraction of sp³-hybridized carbons (Fsp3) is 0.316. The molecular formula is C19H23NO3. The van der Waals surface area contributed by atoms with Crippen molar-refractivity contribution in [2.45, 2.75) is 20.4 Å². The van der Waals surface area contributed by atoms with Crippen molar-refractivity contribution < 1.29 is 14.3 Å². The minimum absolute atomic E-state index is 0.0148. The third-order valence-electron chi connectivity index (χ3n) is 3.84. The van der Waals surface area contributed by atoms with Crippen LogP contribution in [0, 0.1) is 13.8 Å². The lowest BCUT2D eigenvalue weighted by Crippen LogP contribution is -2.27. The normalized spacial score (nSPS) is 10.3. The summed E-state index contributed by atoms with van der Waals surface area (Å²) in [6, 6.07) is 11.6. The van der Waals surface area contributed by atoms with Crippen LogP contribution in [-0.4, -0.2) is 32.1 Å². The van der Waals surface area contributed by atoms with E-state index in [1.807, 2.05) is 50.2 Å². The fourth-order valence-corrected chi connectivity index (χ4v) is 2.50. The number of amides is 1. The summed E-state index contributed by atoms with van der Waals surface area (Å²) in [4.78, 5) is 14.4. The van der Waals surface area contributed by atoms with E-state index in [-0.39, 0.29) is 5.91 Å². The Labute approximate surface area is 137 Å². The summed E-state index contributed by atoms with van der Waals surface area (Å²) in [5.74, 6) is 1.36. The Morgan fingerprint density at radius 3 is 2.35 bits per heavy atom. The van der Waals surface area contributed by atoms with Crippen LogP contribution in [0.25, 0.3) is 0 Å². The number of aryl methyl sites for hydroxylation is 2. The molecule has 2 aromatic carbocycles. The first kappa shape index (κ1) is 16.9. The van der Waals surface area contributed by atoms with Crippen LogP contribution in [0.4, 0.5) is 0 Å². The molecule has 0 unspecified atom stereocenters. The third-order valence-corrected chi connectivity index (χ3v) is 3.84. The molecule has 2 rings (SSSR count). The summed E-state index contributed by atoms with van der Waals surface area (Å²) in [6.45, 7) is 4.45. The minimum atomic E-state index is 0.0148. The number of hydrogen-bond donors (Lipinski definition) is 0. The number of methoxy groups -OCH3 is 2. The zero-order valence-corrected chi connectivity index (χ0v) is 14.3. The van der Waals surface area contributed by atoms with Crippen molar-refractivity contribution in [3.63, 3.8) is 0 Å². The average Bonchev–Trinajstić information content (AvgIpc) is 2.56. The summed E-state index contributed by atoms with van der Waals surface area (Å²) in [7, 11) is 5.01. The second-order valence-corrected chi connectivity index (χ2v) is 5.67. The van der Waals surface area contributed by atoms with Crippen molar-refractivity contribution in [1.29, 1.82) is 0 Å². The van der Waals surface area contributed by atoms with Gasteiger partial charge in [0, 0.05) is 19.2 Å². The average molecular weight is 313 g/mol. The van der Waals surface area contributed by atoms with Gasteiger partial charge in [-0.3, -0.25) is 4.79 Å². The van der Waals surface area contributed by atoms with Crippen molar-refractivity contribution >= 4 is 5.91 Å². The van der Waals surface area contributed by atoms with Gasteiger partial charge in [0.05, 0.1) is 14.2 Å². The quantitative estimate of drug-likeness (QED) is 0.846. The number of carbonyl (C=O) groups is 1. The van der Waals surface area contributed by atoms with E-state index in [2.05, 4.69) is 0 Å². The number of ether oxygens (including phenoxy) is 2. The van der Waals surface area contributed by atoms with E-state index in [1.165, 1.54) is 0 Å². The predicted octanol–water partition coefficient (Wildman–Crippen LogP) is 3.59. The maximum atomic E-state index is 12.7. The molecule has 0 N–H and O–H groups in total. The molecule has 0 aliphatic heterocycles. The lowest BCUT2D eigenvalue weighted by molar-refractivity contribution is 0.0784. The van der Waals surface area contributed by atoms with Gasteiger partial charge in [-0.2, -0.15) is 0 Å². The minimum Gasteiger partial charge on any atom is -0.493 e. The highest BCUT2D eigenvalue weighted by atomic mass is 16.5. The summed E-state index contributed by atoms with van der Waals surface area (Å²) in [6.07, 6.45) is 0. The Bertz CT molecular complexity index is 710. The van der Waals surface area contributed by atoms with Crippen LogP contribution in [0.3, 0.4) is 0 Å². The third kappa shape index (κ3) is 3.83. The van der Waals surface area contributed by atoms with Crippen LogP contribution >= 0.6 is 0 Å². The first-order valence-corrected chi connectivity index (χ1v) is 7.50. The van der Waals surface area contributed by atoms with E-state index in [4.69, 9.17) is 9.47 Å². The van der Waals surface area contributed by atoms with E-state index in [9.17, 15) is 4.79 Å². The van der Waals surface area contributed by atoms with Crippen LogP contribution in [0.15, 0.2) is 36.4 Å². The number of rotatable bonds is 5. The Morgan fingerprint density at radius 1 is 1.00 bits per heavy atom. The van der Waals surface area contributed by atoms with E-state index in [0.717, 1.165) is 22.3 Å². The van der Waals surface area contributed by atoms with Crippen LogP contribution in [0.5, 0.6) is 11.5 Å². The molecule has 4 heteroatoms. The molecule has 122 valence electrons. The smallest absolute Gasteiger partial charge is 0.254 e. The fourth-order valence-electron chi connectivity index (χ4n) is 2.50. The molecule has 2 aromatic rings. The highest BCUT2D eigenvalue weighted by Gasteiger charge is 2.15. The second kappa shape index (κ2) is 7.18. The Hall–Kier alpha value is -2.49. The maximum absolute atomic E-state index is 12.7. The van der Waals surface area contributed by atoms with Gasteiger partial charge >= 0.3 is 0 Å². The zero-order chi connectivity index (χ0) is 17.0. The Balaban J connectivity index is 2.19. The molecule has 0 atom stereocenters. The van der Waals surface area contributed by atoms with Gasteiger partial charge in [-0.1, -0.05) is 23.8 Å². The number of benzene rings is 2. The van der Waals surface area contributed by atoms with Gasteiger partial charge in [0.2, 0.25) is 0 Å². The van der Waals surface area contributed by atoms with Crippen LogP contribution in [-0.2, 0) is 6.54 Å². The van der Waals surface area contributed by atoms with Crippen molar-refractivity contribution in [3.8, 4) is 11.5 Å². The summed E-state index contributed by atoms with van der Waals surface area (Å²) < 4.78 is 10.5. The molecule has 0 saturated carbocycles. The molecule has 0 bridgehead atoms. The van der Waals surface area contributed by atoms with Gasteiger partial charge in [0.15, 0.2) is 11.5 Å². The standard InChI is InChI=1S/C19H23NO3/c1-13-6-7-14(2)16(10-13)19(21)20(3)12-15-8-9-17(22-4)18(11-15)23-5/h6-11H,12H2,1-5H3. The topological polar surface area (TPSA) is 38.8 Å². The highest BCUT2D eigenvalue weighted by Crippen LogP contribution is 2.28. The van der Waals surface area contributed by atoms with Crippen molar-refractivity contribution in [1.82, 2.24) is 4.90 Å². The molecule has 0 fully saturated rings. The van der Waals surface area contributed by atoms with Crippen molar-refractivity contribution in [2.75, 3.05) is 21.3 Å². The molecule has 0 aliphatic rings. The van der Waals surface area contributed by atoms with Crippen molar-refractivity contribution in [3.05, 3.63) is 58.7 Å². The van der Waals surface area contributed by atoms with Gasteiger partial charge in [0.1, 0.15) is 0 Å². The van der Waals surface area contributed by atoms with Gasteiger partial charge in [-0.15, -0.1) is 0 Å². The molecule has 0 heterocycles. The highest BCUT2D eigenvalue weighted by molar-refractivity contribution is 5.95. The van der Waals surface area contributed by atoms with Gasteiger partial charge in [0.25, 0.3) is 5.91 Å². The number of hydrogen-bond acceptors (Lipinski definition) is 3. The lowest BCUT2D eigenvalue weighted by Gasteiger charge is -2.19. The van der Waals surface area contributed by atoms with E-state index >= 15 is 0 Å². The summed E-state index contributed by atoms with van der Waals surface area (Å²) in [5, 5.41) is 0. The molecule has 0 spiro atoms. The molecule has 4 nitrogen and oxygen atoms in total. The monoisotopic (exact) mass is 313 g/mol. The molecule has 23 heavy (non-hydrogen) atoms. The molecule has 0 aliphatic carbocycles. The Kier molecular flexibility index (Phi) is 5.27. The first-order chi connectivity index (χ1) is 11.0. The maximum Gasteiger partial charge on any atom is 0.254 e. The molecular weight excluding hydrogens is 290 g/mol. The summed E-state index contributed by atoms with van der Waals surface area (Å²) in [5.41, 5.74) is 3.80. The molecule has 0 aromatic heterocycles. The number of carbonyl (C=O) groups excluding carboxylic acids is 1. The zero-order valence-electron chi connectivity index (χ0n) is 14.3. The molecule has 1 amide bonds. The predicted molar refractivity (Wildman–Crippen MR) is 91.3 cm³/mol. The molecule has 0 saturated heterocycles. The van der Waals surface area contributed by atoms with E-state index in [0.29, 0.717) is 18.0 Å². The second-order valence-electron chi connectivity index (χ2n) is 5.67. The number of nitrogens with zero attached hydrogens (tertiary/aromatic N) is 1. The van der Waals surface area contributed by atoms with Crippen LogP contribution in [0.2, 0.25) is 0 Å².